The van der Waals surface area contributed by atoms with Crippen LogP contribution in [-0.2, 0) is 0 Å². The highest BCUT2D eigenvalue weighted by atomic mass is 79.9. The molecule has 0 amide bonds. The van der Waals surface area contributed by atoms with Gasteiger partial charge in [0, 0.05) is 32.4 Å². The number of piperazine rings is 1. The zero-order chi connectivity index (χ0) is 11.8. The summed E-state index contributed by atoms with van der Waals surface area (Å²) in [6, 6.07) is 4.26. The van der Waals surface area contributed by atoms with E-state index in [0.717, 1.165) is 36.6 Å². The number of fused-ring (bicyclic) bond motifs is 1. The molecule has 3 heterocycles. The van der Waals surface area contributed by atoms with Crippen molar-refractivity contribution in [3.05, 3.63) is 28.8 Å². The molecule has 0 radical (unpaired) electrons. The van der Waals surface area contributed by atoms with Gasteiger partial charge in [-0.2, -0.15) is 0 Å². The number of nitrogens with one attached hydrogen (secondary N) is 1. The Balaban J connectivity index is 2.15. The van der Waals surface area contributed by atoms with Gasteiger partial charge in [-0.15, -0.1) is 0 Å². The van der Waals surface area contributed by atoms with Crippen LogP contribution in [0, 0.1) is 6.92 Å². The molecule has 0 aromatic carbocycles. The Labute approximate surface area is 109 Å². The highest BCUT2D eigenvalue weighted by molar-refractivity contribution is 9.10. The molecule has 1 N–H and O–H groups in total. The number of imidazole rings is 1. The van der Waals surface area contributed by atoms with Crippen LogP contribution in [0.25, 0.3) is 5.52 Å². The first-order chi connectivity index (χ1) is 8.27. The minimum absolute atomic E-state index is 0.934. The monoisotopic (exact) mass is 294 g/mol. The molecule has 1 saturated heterocycles. The highest BCUT2D eigenvalue weighted by Gasteiger charge is 2.16. The molecule has 1 aliphatic heterocycles. The Hall–Kier alpha value is -1.07. The molecule has 0 spiro atoms. The summed E-state index contributed by atoms with van der Waals surface area (Å²) in [6.45, 7) is 6.23. The smallest absolute Gasteiger partial charge is 0.134 e. The number of halogens is 1. The lowest BCUT2D eigenvalue weighted by Crippen LogP contribution is -2.43. The summed E-state index contributed by atoms with van der Waals surface area (Å²) in [5.41, 5.74) is 2.44. The zero-order valence-corrected chi connectivity index (χ0v) is 11.4. The van der Waals surface area contributed by atoms with E-state index in [4.69, 9.17) is 0 Å². The molecule has 90 valence electrons. The lowest BCUT2D eigenvalue weighted by atomic mass is 10.2. The van der Waals surface area contributed by atoms with Crippen molar-refractivity contribution in [2.75, 3.05) is 31.1 Å². The molecular formula is C12H15BrN4. The van der Waals surface area contributed by atoms with Gasteiger partial charge in [0.15, 0.2) is 0 Å². The second-order valence-electron chi connectivity index (χ2n) is 4.30. The van der Waals surface area contributed by atoms with E-state index in [-0.39, 0.29) is 0 Å². The second-order valence-corrected chi connectivity index (χ2v) is 5.05. The Morgan fingerprint density at radius 1 is 1.35 bits per heavy atom. The molecule has 0 unspecified atom stereocenters. The van der Waals surface area contributed by atoms with Gasteiger partial charge in [-0.05, 0) is 35.0 Å². The van der Waals surface area contributed by atoms with Crippen molar-refractivity contribution in [1.29, 1.82) is 0 Å². The van der Waals surface area contributed by atoms with Crippen molar-refractivity contribution in [2.24, 2.45) is 0 Å². The molecule has 17 heavy (non-hydrogen) atoms. The molecule has 0 aliphatic carbocycles. The number of hydrogen-bond donors (Lipinski definition) is 1. The summed E-state index contributed by atoms with van der Waals surface area (Å²) < 4.78 is 3.07. The lowest BCUT2D eigenvalue weighted by molar-refractivity contribution is 0.590. The van der Waals surface area contributed by atoms with E-state index in [1.807, 2.05) is 6.92 Å². The summed E-state index contributed by atoms with van der Waals surface area (Å²) >= 11 is 3.56. The Morgan fingerprint density at radius 2 is 2.12 bits per heavy atom. The summed E-state index contributed by atoms with van der Waals surface area (Å²) in [7, 11) is 0. The maximum atomic E-state index is 4.48. The Kier molecular flexibility index (Phi) is 2.80. The van der Waals surface area contributed by atoms with Gasteiger partial charge in [-0.1, -0.05) is 0 Å². The molecule has 0 saturated carbocycles. The fourth-order valence-electron chi connectivity index (χ4n) is 2.38. The summed E-state index contributed by atoms with van der Waals surface area (Å²) in [4.78, 5) is 6.90. The number of nitrogens with zero attached hydrogens (tertiary/aromatic N) is 3. The van der Waals surface area contributed by atoms with E-state index >= 15 is 0 Å². The normalized spacial score (nSPS) is 16.7. The van der Waals surface area contributed by atoms with Crippen LogP contribution in [0.2, 0.25) is 0 Å². The van der Waals surface area contributed by atoms with Crippen LogP contribution in [0.5, 0.6) is 0 Å². The highest BCUT2D eigenvalue weighted by Crippen LogP contribution is 2.29. The Bertz CT molecular complexity index is 543. The quantitative estimate of drug-likeness (QED) is 0.871. The van der Waals surface area contributed by atoms with Crippen LogP contribution in [-0.4, -0.2) is 35.6 Å². The molecular weight excluding hydrogens is 280 g/mol. The largest absolute Gasteiger partial charge is 0.367 e. The predicted octanol–water partition coefficient (Wildman–Crippen LogP) is 1.81. The van der Waals surface area contributed by atoms with Crippen LogP contribution in [0.3, 0.4) is 0 Å². The number of pyridine rings is 1. The zero-order valence-electron chi connectivity index (χ0n) is 9.78. The van der Waals surface area contributed by atoms with E-state index in [9.17, 15) is 0 Å². The van der Waals surface area contributed by atoms with Crippen molar-refractivity contribution in [3.63, 3.8) is 0 Å². The van der Waals surface area contributed by atoms with Crippen molar-refractivity contribution in [3.8, 4) is 0 Å². The second kappa shape index (κ2) is 4.31. The first kappa shape index (κ1) is 11.0. The maximum Gasteiger partial charge on any atom is 0.134 e. The number of aryl methyl sites for hydroxylation is 1. The average molecular weight is 295 g/mol. The minimum Gasteiger partial charge on any atom is -0.367 e. The third-order valence-corrected chi connectivity index (χ3v) is 3.79. The van der Waals surface area contributed by atoms with Crippen molar-refractivity contribution in [1.82, 2.24) is 14.7 Å². The maximum absolute atomic E-state index is 4.48. The predicted molar refractivity (Wildman–Crippen MR) is 72.7 cm³/mol. The molecule has 4 nitrogen and oxygen atoms in total. The molecule has 1 fully saturated rings. The van der Waals surface area contributed by atoms with Gasteiger partial charge in [0.1, 0.15) is 15.9 Å². The third-order valence-electron chi connectivity index (χ3n) is 3.23. The average Bonchev–Trinajstić information content (AvgIpc) is 2.66. The topological polar surface area (TPSA) is 32.6 Å². The summed E-state index contributed by atoms with van der Waals surface area (Å²) in [5, 5.41) is 3.38. The van der Waals surface area contributed by atoms with Crippen molar-refractivity contribution < 1.29 is 0 Å². The minimum atomic E-state index is 0.934. The molecule has 2 aromatic rings. The van der Waals surface area contributed by atoms with Crippen LogP contribution < -0.4 is 10.2 Å². The number of anilines is 1. The van der Waals surface area contributed by atoms with Crippen molar-refractivity contribution >= 4 is 27.1 Å². The molecule has 0 bridgehead atoms. The van der Waals surface area contributed by atoms with E-state index in [1.54, 1.807) is 0 Å². The molecule has 1 aliphatic rings. The van der Waals surface area contributed by atoms with E-state index in [1.165, 1.54) is 11.2 Å². The van der Waals surface area contributed by atoms with Gasteiger partial charge in [0.05, 0.1) is 5.69 Å². The SMILES string of the molecule is Cc1nc(Br)c2c(N3CCNCC3)cccn12. The van der Waals surface area contributed by atoms with Gasteiger partial charge < -0.3 is 14.6 Å². The van der Waals surface area contributed by atoms with Crippen LogP contribution in [0.1, 0.15) is 5.82 Å². The fraction of sp³-hybridized carbons (Fsp3) is 0.417. The van der Waals surface area contributed by atoms with Crippen LogP contribution in [0.15, 0.2) is 22.9 Å². The van der Waals surface area contributed by atoms with Crippen LogP contribution in [0.4, 0.5) is 5.69 Å². The molecule has 2 aromatic heterocycles. The lowest BCUT2D eigenvalue weighted by Gasteiger charge is -2.30. The fourth-order valence-corrected chi connectivity index (χ4v) is 3.03. The van der Waals surface area contributed by atoms with E-state index in [2.05, 4.69) is 53.9 Å². The molecule has 0 atom stereocenters. The number of rotatable bonds is 1. The standard InChI is InChI=1S/C12H15BrN4/c1-9-15-12(13)11-10(3-2-6-17(9)11)16-7-4-14-5-8-16/h2-3,6,14H,4-5,7-8H2,1H3. The summed E-state index contributed by atoms with van der Waals surface area (Å²) in [6.07, 6.45) is 2.06. The van der Waals surface area contributed by atoms with Gasteiger partial charge in [-0.3, -0.25) is 0 Å². The van der Waals surface area contributed by atoms with E-state index < -0.39 is 0 Å². The van der Waals surface area contributed by atoms with Gasteiger partial charge in [-0.25, -0.2) is 4.98 Å². The first-order valence-electron chi connectivity index (χ1n) is 5.86. The van der Waals surface area contributed by atoms with Crippen molar-refractivity contribution in [2.45, 2.75) is 6.92 Å². The molecule has 5 heteroatoms. The van der Waals surface area contributed by atoms with Crippen LogP contribution >= 0.6 is 15.9 Å². The number of hydrogen-bond acceptors (Lipinski definition) is 3. The third kappa shape index (κ3) is 1.83. The van der Waals surface area contributed by atoms with Gasteiger partial charge in [0.25, 0.3) is 0 Å². The van der Waals surface area contributed by atoms with Gasteiger partial charge in [0.2, 0.25) is 0 Å². The van der Waals surface area contributed by atoms with E-state index in [0.29, 0.717) is 0 Å². The Morgan fingerprint density at radius 3 is 2.88 bits per heavy atom. The first-order valence-corrected chi connectivity index (χ1v) is 6.65. The van der Waals surface area contributed by atoms with Gasteiger partial charge >= 0.3 is 0 Å². The number of aromatic nitrogens is 2. The summed E-state index contributed by atoms with van der Waals surface area (Å²) in [5.74, 6) is 1.02. The molecule has 3 rings (SSSR count).